The standard InChI is InChI=1S/C15H24N2O2/c1-4-9-19-10-5-8-17-15(18)13-11-12(2)6-7-14(13)16-3/h6-7,11,16H,4-5,8-10H2,1-3H3,(H,17,18). The molecule has 19 heavy (non-hydrogen) atoms. The summed E-state index contributed by atoms with van der Waals surface area (Å²) in [5.74, 6) is -0.0384. The number of rotatable bonds is 8. The van der Waals surface area contributed by atoms with E-state index in [1.807, 2.05) is 32.2 Å². The molecule has 1 amide bonds. The van der Waals surface area contributed by atoms with Crippen LogP contribution in [0.3, 0.4) is 0 Å². The number of carbonyl (C=O) groups is 1. The van der Waals surface area contributed by atoms with Crippen molar-refractivity contribution < 1.29 is 9.53 Å². The largest absolute Gasteiger partial charge is 0.387 e. The molecule has 0 bridgehead atoms. The molecule has 0 aromatic heterocycles. The summed E-state index contributed by atoms with van der Waals surface area (Å²) in [4.78, 5) is 12.1. The van der Waals surface area contributed by atoms with Gasteiger partial charge in [-0.3, -0.25) is 4.79 Å². The number of hydrogen-bond donors (Lipinski definition) is 2. The molecule has 0 spiro atoms. The number of hydrogen-bond acceptors (Lipinski definition) is 3. The molecule has 1 rings (SSSR count). The van der Waals surface area contributed by atoms with Crippen molar-refractivity contribution in [3.05, 3.63) is 29.3 Å². The van der Waals surface area contributed by atoms with Gasteiger partial charge in [-0.05, 0) is 31.9 Å². The number of carbonyl (C=O) groups excluding carboxylic acids is 1. The molecular weight excluding hydrogens is 240 g/mol. The van der Waals surface area contributed by atoms with Crippen LogP contribution < -0.4 is 10.6 Å². The van der Waals surface area contributed by atoms with E-state index in [1.165, 1.54) is 0 Å². The van der Waals surface area contributed by atoms with Crippen LogP contribution in [0, 0.1) is 6.92 Å². The summed E-state index contributed by atoms with van der Waals surface area (Å²) >= 11 is 0. The average molecular weight is 264 g/mol. The van der Waals surface area contributed by atoms with Gasteiger partial charge in [0.15, 0.2) is 0 Å². The first kappa shape index (κ1) is 15.5. The lowest BCUT2D eigenvalue weighted by molar-refractivity contribution is 0.0942. The maximum absolute atomic E-state index is 12.1. The van der Waals surface area contributed by atoms with Crippen LogP contribution in [0.25, 0.3) is 0 Å². The van der Waals surface area contributed by atoms with Crippen LogP contribution in [0.2, 0.25) is 0 Å². The molecule has 0 aliphatic heterocycles. The number of nitrogens with one attached hydrogen (secondary N) is 2. The molecule has 0 aliphatic carbocycles. The third-order valence-corrected chi connectivity index (χ3v) is 2.79. The summed E-state index contributed by atoms with van der Waals surface area (Å²) in [5.41, 5.74) is 2.62. The molecule has 0 saturated heterocycles. The Hall–Kier alpha value is -1.55. The number of anilines is 1. The second-order valence-electron chi connectivity index (χ2n) is 4.52. The molecule has 1 aromatic carbocycles. The number of amides is 1. The van der Waals surface area contributed by atoms with Crippen molar-refractivity contribution in [1.82, 2.24) is 5.32 Å². The zero-order valence-corrected chi connectivity index (χ0v) is 12.1. The normalized spacial score (nSPS) is 10.3. The summed E-state index contributed by atoms with van der Waals surface area (Å²) in [6.07, 6.45) is 1.87. The second kappa shape index (κ2) is 8.53. The van der Waals surface area contributed by atoms with Crippen LogP contribution in [-0.2, 0) is 4.74 Å². The fraction of sp³-hybridized carbons (Fsp3) is 0.533. The Morgan fingerprint density at radius 3 is 2.79 bits per heavy atom. The minimum Gasteiger partial charge on any atom is -0.387 e. The van der Waals surface area contributed by atoms with Gasteiger partial charge in [0.1, 0.15) is 0 Å². The molecule has 0 unspecified atom stereocenters. The summed E-state index contributed by atoms with van der Waals surface area (Å²) in [6.45, 7) is 6.18. The van der Waals surface area contributed by atoms with Crippen molar-refractivity contribution in [2.24, 2.45) is 0 Å². The fourth-order valence-electron chi connectivity index (χ4n) is 1.78. The van der Waals surface area contributed by atoms with Crippen molar-refractivity contribution >= 4 is 11.6 Å². The Morgan fingerprint density at radius 2 is 2.11 bits per heavy atom. The van der Waals surface area contributed by atoms with E-state index < -0.39 is 0 Å². The molecule has 4 heteroatoms. The Bertz CT molecular complexity index is 405. The van der Waals surface area contributed by atoms with Crippen molar-refractivity contribution in [1.29, 1.82) is 0 Å². The van der Waals surface area contributed by atoms with Gasteiger partial charge in [0.05, 0.1) is 5.56 Å². The maximum Gasteiger partial charge on any atom is 0.253 e. The first-order valence-electron chi connectivity index (χ1n) is 6.83. The van der Waals surface area contributed by atoms with Gasteiger partial charge in [-0.25, -0.2) is 0 Å². The van der Waals surface area contributed by atoms with Crippen LogP contribution in [0.15, 0.2) is 18.2 Å². The molecule has 2 N–H and O–H groups in total. The molecule has 0 atom stereocenters. The lowest BCUT2D eigenvalue weighted by Crippen LogP contribution is -2.26. The van der Waals surface area contributed by atoms with Crippen LogP contribution >= 0.6 is 0 Å². The summed E-state index contributed by atoms with van der Waals surface area (Å²) < 4.78 is 5.37. The number of benzene rings is 1. The molecule has 0 radical (unpaired) electrons. The topological polar surface area (TPSA) is 50.4 Å². The molecule has 0 fully saturated rings. The maximum atomic E-state index is 12.1. The molecule has 0 saturated carbocycles. The summed E-state index contributed by atoms with van der Waals surface area (Å²) in [7, 11) is 1.82. The average Bonchev–Trinajstić information content (AvgIpc) is 2.42. The predicted molar refractivity (Wildman–Crippen MR) is 78.8 cm³/mol. The lowest BCUT2D eigenvalue weighted by Gasteiger charge is -2.11. The molecule has 4 nitrogen and oxygen atoms in total. The predicted octanol–water partition coefficient (Wildman–Crippen LogP) is 2.58. The van der Waals surface area contributed by atoms with Crippen molar-refractivity contribution in [2.45, 2.75) is 26.7 Å². The van der Waals surface area contributed by atoms with Gasteiger partial charge >= 0.3 is 0 Å². The Labute approximate surface area is 115 Å². The highest BCUT2D eigenvalue weighted by molar-refractivity contribution is 5.99. The van der Waals surface area contributed by atoms with E-state index in [9.17, 15) is 4.79 Å². The van der Waals surface area contributed by atoms with Crippen LogP contribution in [0.5, 0.6) is 0 Å². The first-order chi connectivity index (χ1) is 9.19. The van der Waals surface area contributed by atoms with Gasteiger partial charge in [-0.15, -0.1) is 0 Å². The minimum atomic E-state index is -0.0384. The van der Waals surface area contributed by atoms with Crippen molar-refractivity contribution in [3.8, 4) is 0 Å². The van der Waals surface area contributed by atoms with Gasteiger partial charge in [0.2, 0.25) is 0 Å². The molecule has 106 valence electrons. The summed E-state index contributed by atoms with van der Waals surface area (Å²) in [5, 5.41) is 5.96. The van der Waals surface area contributed by atoms with E-state index in [1.54, 1.807) is 0 Å². The van der Waals surface area contributed by atoms with E-state index in [4.69, 9.17) is 4.74 Å². The smallest absolute Gasteiger partial charge is 0.253 e. The molecular formula is C15H24N2O2. The van der Waals surface area contributed by atoms with Crippen LogP contribution in [-0.4, -0.2) is 32.7 Å². The van der Waals surface area contributed by atoms with E-state index >= 15 is 0 Å². The highest BCUT2D eigenvalue weighted by atomic mass is 16.5. The molecule has 1 aromatic rings. The molecule has 0 heterocycles. The number of aryl methyl sites for hydroxylation is 1. The highest BCUT2D eigenvalue weighted by Gasteiger charge is 2.10. The van der Waals surface area contributed by atoms with Crippen LogP contribution in [0.4, 0.5) is 5.69 Å². The van der Waals surface area contributed by atoms with Gasteiger partial charge in [0.25, 0.3) is 5.91 Å². The Morgan fingerprint density at radius 1 is 1.32 bits per heavy atom. The Kier molecular flexibility index (Phi) is 6.97. The fourth-order valence-corrected chi connectivity index (χ4v) is 1.78. The van der Waals surface area contributed by atoms with E-state index in [0.717, 1.165) is 30.7 Å². The lowest BCUT2D eigenvalue weighted by atomic mass is 10.1. The quantitative estimate of drug-likeness (QED) is 0.710. The van der Waals surface area contributed by atoms with Gasteiger partial charge in [-0.2, -0.15) is 0 Å². The van der Waals surface area contributed by atoms with E-state index in [0.29, 0.717) is 18.7 Å². The van der Waals surface area contributed by atoms with Crippen molar-refractivity contribution in [2.75, 3.05) is 32.1 Å². The van der Waals surface area contributed by atoms with Gasteiger partial charge in [0, 0.05) is 32.5 Å². The molecule has 0 aliphatic rings. The van der Waals surface area contributed by atoms with E-state index in [-0.39, 0.29) is 5.91 Å². The second-order valence-corrected chi connectivity index (χ2v) is 4.52. The first-order valence-corrected chi connectivity index (χ1v) is 6.83. The monoisotopic (exact) mass is 264 g/mol. The van der Waals surface area contributed by atoms with Crippen LogP contribution in [0.1, 0.15) is 35.7 Å². The zero-order valence-electron chi connectivity index (χ0n) is 12.1. The SMILES string of the molecule is CCCOCCCNC(=O)c1cc(C)ccc1NC. The zero-order chi connectivity index (χ0) is 14.1. The third-order valence-electron chi connectivity index (χ3n) is 2.79. The highest BCUT2D eigenvalue weighted by Crippen LogP contribution is 2.16. The Balaban J connectivity index is 2.43. The van der Waals surface area contributed by atoms with Gasteiger partial charge < -0.3 is 15.4 Å². The van der Waals surface area contributed by atoms with E-state index in [2.05, 4.69) is 17.6 Å². The minimum absolute atomic E-state index is 0.0384. The summed E-state index contributed by atoms with van der Waals surface area (Å²) in [6, 6.07) is 5.81. The third kappa shape index (κ3) is 5.30. The van der Waals surface area contributed by atoms with Crippen molar-refractivity contribution in [3.63, 3.8) is 0 Å². The number of ether oxygens (including phenoxy) is 1. The van der Waals surface area contributed by atoms with Gasteiger partial charge in [-0.1, -0.05) is 18.6 Å².